The molecule has 0 spiro atoms. The summed E-state index contributed by atoms with van der Waals surface area (Å²) in [4.78, 5) is 4.25. The first-order valence-corrected chi connectivity index (χ1v) is 8.11. The van der Waals surface area contributed by atoms with E-state index in [1.165, 1.54) is 0 Å². The molecule has 0 fully saturated rings. The highest BCUT2D eigenvalue weighted by Crippen LogP contribution is 2.36. The quantitative estimate of drug-likeness (QED) is 0.570. The number of hydrogen-bond acceptors (Lipinski definition) is 4. The molecule has 0 radical (unpaired) electrons. The van der Waals surface area contributed by atoms with Crippen molar-refractivity contribution in [3.8, 4) is 16.9 Å². The lowest BCUT2D eigenvalue weighted by molar-refractivity contribution is 0.421. The summed E-state index contributed by atoms with van der Waals surface area (Å²) in [5.74, 6) is 1.81. The standard InChI is InChI=1S/C20H18N4O/c1-14-21-9-10-24(14)13-17-11-16(12-22-23-17)19-8-7-15-5-3-4-6-18(15)20(19)25-2/h3-12H,13H2,1-2H3. The second-order valence-electron chi connectivity index (χ2n) is 5.91. The maximum Gasteiger partial charge on any atom is 0.134 e. The third kappa shape index (κ3) is 2.85. The van der Waals surface area contributed by atoms with E-state index in [9.17, 15) is 0 Å². The average Bonchev–Trinajstić information content (AvgIpc) is 3.05. The van der Waals surface area contributed by atoms with Crippen molar-refractivity contribution in [2.45, 2.75) is 13.5 Å². The van der Waals surface area contributed by atoms with Gasteiger partial charge in [-0.15, -0.1) is 0 Å². The van der Waals surface area contributed by atoms with Gasteiger partial charge in [-0.2, -0.15) is 10.2 Å². The minimum Gasteiger partial charge on any atom is -0.495 e. The molecule has 4 rings (SSSR count). The summed E-state index contributed by atoms with van der Waals surface area (Å²) in [6.45, 7) is 2.62. The van der Waals surface area contributed by atoms with Gasteiger partial charge in [-0.1, -0.05) is 30.3 Å². The number of imidazole rings is 1. The molecule has 25 heavy (non-hydrogen) atoms. The molecule has 2 aromatic heterocycles. The third-order valence-electron chi connectivity index (χ3n) is 4.36. The molecule has 0 unspecified atom stereocenters. The fraction of sp³-hybridized carbons (Fsp3) is 0.150. The van der Waals surface area contributed by atoms with E-state index in [1.807, 2.05) is 29.8 Å². The Kier molecular flexibility index (Phi) is 3.90. The van der Waals surface area contributed by atoms with E-state index in [-0.39, 0.29) is 0 Å². The topological polar surface area (TPSA) is 52.8 Å². The van der Waals surface area contributed by atoms with Crippen LogP contribution in [0.15, 0.2) is 61.1 Å². The summed E-state index contributed by atoms with van der Waals surface area (Å²) in [5.41, 5.74) is 2.89. The summed E-state index contributed by atoms with van der Waals surface area (Å²) in [7, 11) is 1.70. The second-order valence-corrected chi connectivity index (χ2v) is 5.91. The lowest BCUT2D eigenvalue weighted by atomic mass is 10.0. The lowest BCUT2D eigenvalue weighted by Gasteiger charge is -2.12. The first-order chi connectivity index (χ1) is 12.3. The highest BCUT2D eigenvalue weighted by atomic mass is 16.5. The van der Waals surface area contributed by atoms with Gasteiger partial charge < -0.3 is 9.30 Å². The van der Waals surface area contributed by atoms with Crippen LogP contribution in [0.25, 0.3) is 21.9 Å². The summed E-state index contributed by atoms with van der Waals surface area (Å²) < 4.78 is 7.76. The molecule has 0 aliphatic carbocycles. The molecular formula is C20H18N4O. The van der Waals surface area contributed by atoms with Crippen molar-refractivity contribution < 1.29 is 4.74 Å². The van der Waals surface area contributed by atoms with Crippen molar-refractivity contribution in [3.63, 3.8) is 0 Å². The summed E-state index contributed by atoms with van der Waals surface area (Å²) >= 11 is 0. The monoisotopic (exact) mass is 330 g/mol. The molecule has 2 heterocycles. The molecule has 0 N–H and O–H groups in total. The number of fused-ring (bicyclic) bond motifs is 1. The molecule has 0 amide bonds. The molecule has 0 saturated carbocycles. The van der Waals surface area contributed by atoms with Gasteiger partial charge in [0.05, 0.1) is 25.5 Å². The zero-order valence-electron chi connectivity index (χ0n) is 14.2. The Morgan fingerprint density at radius 2 is 2.00 bits per heavy atom. The Balaban J connectivity index is 1.78. The van der Waals surface area contributed by atoms with Crippen LogP contribution in [0.3, 0.4) is 0 Å². The molecule has 124 valence electrons. The number of hydrogen-bond donors (Lipinski definition) is 0. The van der Waals surface area contributed by atoms with Gasteiger partial charge in [0, 0.05) is 28.9 Å². The largest absolute Gasteiger partial charge is 0.495 e. The number of aryl methyl sites for hydroxylation is 1. The van der Waals surface area contributed by atoms with Crippen LogP contribution in [0.2, 0.25) is 0 Å². The third-order valence-corrected chi connectivity index (χ3v) is 4.36. The fourth-order valence-electron chi connectivity index (χ4n) is 3.07. The van der Waals surface area contributed by atoms with Crippen LogP contribution in [0, 0.1) is 6.92 Å². The van der Waals surface area contributed by atoms with Crippen molar-refractivity contribution in [3.05, 3.63) is 72.6 Å². The molecule has 0 aliphatic heterocycles. The molecule has 2 aromatic carbocycles. The van der Waals surface area contributed by atoms with Crippen LogP contribution in [0.5, 0.6) is 5.75 Å². The molecule has 5 nitrogen and oxygen atoms in total. The molecule has 0 bridgehead atoms. The zero-order valence-corrected chi connectivity index (χ0v) is 14.2. The molecule has 4 aromatic rings. The van der Waals surface area contributed by atoms with Crippen molar-refractivity contribution in [1.82, 2.24) is 19.7 Å². The fourth-order valence-corrected chi connectivity index (χ4v) is 3.07. The van der Waals surface area contributed by atoms with Gasteiger partial charge in [-0.25, -0.2) is 4.98 Å². The maximum absolute atomic E-state index is 5.71. The Hall–Kier alpha value is -3.21. The summed E-state index contributed by atoms with van der Waals surface area (Å²) in [5, 5.41) is 10.7. The van der Waals surface area contributed by atoms with Crippen molar-refractivity contribution in [2.75, 3.05) is 7.11 Å². The van der Waals surface area contributed by atoms with Gasteiger partial charge in [-0.3, -0.25) is 0 Å². The molecule has 5 heteroatoms. The maximum atomic E-state index is 5.71. The van der Waals surface area contributed by atoms with Gasteiger partial charge >= 0.3 is 0 Å². The average molecular weight is 330 g/mol. The number of ether oxygens (including phenoxy) is 1. The summed E-state index contributed by atoms with van der Waals surface area (Å²) in [6, 6.07) is 14.4. The number of rotatable bonds is 4. The van der Waals surface area contributed by atoms with Crippen LogP contribution >= 0.6 is 0 Å². The molecule has 0 atom stereocenters. The highest BCUT2D eigenvalue weighted by molar-refractivity contribution is 5.95. The smallest absolute Gasteiger partial charge is 0.134 e. The first-order valence-electron chi connectivity index (χ1n) is 8.11. The van der Waals surface area contributed by atoms with E-state index >= 15 is 0 Å². The summed E-state index contributed by atoms with van der Waals surface area (Å²) in [6.07, 6.45) is 5.51. The van der Waals surface area contributed by atoms with Gasteiger partial charge in [0.2, 0.25) is 0 Å². The van der Waals surface area contributed by atoms with Crippen LogP contribution in [0.1, 0.15) is 11.5 Å². The van der Waals surface area contributed by atoms with Crippen molar-refractivity contribution >= 4 is 10.8 Å². The Morgan fingerprint density at radius 3 is 2.80 bits per heavy atom. The number of benzene rings is 2. The first kappa shape index (κ1) is 15.3. The van der Waals surface area contributed by atoms with E-state index in [1.54, 1.807) is 19.5 Å². The lowest BCUT2D eigenvalue weighted by Crippen LogP contribution is -2.04. The number of methoxy groups -OCH3 is 1. The van der Waals surface area contributed by atoms with E-state index in [0.29, 0.717) is 6.54 Å². The van der Waals surface area contributed by atoms with Crippen LogP contribution < -0.4 is 4.74 Å². The Morgan fingerprint density at radius 1 is 1.12 bits per heavy atom. The predicted molar refractivity (Wildman–Crippen MR) is 97.6 cm³/mol. The van der Waals surface area contributed by atoms with E-state index in [0.717, 1.165) is 39.2 Å². The highest BCUT2D eigenvalue weighted by Gasteiger charge is 2.12. The van der Waals surface area contributed by atoms with Crippen molar-refractivity contribution in [1.29, 1.82) is 0 Å². The zero-order chi connectivity index (χ0) is 17.2. The Labute approximate surface area is 145 Å². The van der Waals surface area contributed by atoms with E-state index < -0.39 is 0 Å². The van der Waals surface area contributed by atoms with Crippen LogP contribution in [0.4, 0.5) is 0 Å². The minimum atomic E-state index is 0.641. The van der Waals surface area contributed by atoms with Gasteiger partial charge in [0.25, 0.3) is 0 Å². The van der Waals surface area contributed by atoms with Crippen LogP contribution in [-0.2, 0) is 6.54 Å². The molecule has 0 aliphatic rings. The minimum absolute atomic E-state index is 0.641. The predicted octanol–water partition coefficient (Wildman–Crippen LogP) is 3.86. The normalized spacial score (nSPS) is 11.0. The second kappa shape index (κ2) is 6.36. The van der Waals surface area contributed by atoms with Gasteiger partial charge in [-0.05, 0) is 24.4 Å². The van der Waals surface area contributed by atoms with E-state index in [2.05, 4.69) is 45.5 Å². The van der Waals surface area contributed by atoms with E-state index in [4.69, 9.17) is 4.74 Å². The van der Waals surface area contributed by atoms with Crippen LogP contribution in [-0.4, -0.2) is 26.9 Å². The SMILES string of the molecule is COc1c(-c2cnnc(Cn3ccnc3C)c2)ccc2ccccc12. The molecular weight excluding hydrogens is 312 g/mol. The number of nitrogens with zero attached hydrogens (tertiary/aromatic N) is 4. The van der Waals surface area contributed by atoms with Gasteiger partial charge in [0.1, 0.15) is 11.6 Å². The Bertz CT molecular complexity index is 1040. The molecule has 0 saturated heterocycles. The van der Waals surface area contributed by atoms with Crippen molar-refractivity contribution in [2.24, 2.45) is 0 Å². The number of aromatic nitrogens is 4. The van der Waals surface area contributed by atoms with Gasteiger partial charge in [0.15, 0.2) is 0 Å².